The summed E-state index contributed by atoms with van der Waals surface area (Å²) in [5.41, 5.74) is 4.39. The van der Waals surface area contributed by atoms with Crippen molar-refractivity contribution in [2.24, 2.45) is 0 Å². The Hall–Kier alpha value is -2.27. The molecule has 2 heteroatoms. The molecule has 0 unspecified atom stereocenters. The lowest BCUT2D eigenvalue weighted by atomic mass is 10.0. The maximum atomic E-state index is 8.90. The topological polar surface area (TPSA) is 33.0 Å². The highest BCUT2D eigenvalue weighted by molar-refractivity contribution is 5.44. The van der Waals surface area contributed by atoms with Gasteiger partial charge < -0.3 is 4.74 Å². The summed E-state index contributed by atoms with van der Waals surface area (Å²) in [7, 11) is 0. The first-order chi connectivity index (χ1) is 10.2. The average Bonchev–Trinajstić information content (AvgIpc) is 2.50. The van der Waals surface area contributed by atoms with Gasteiger partial charge in [-0.1, -0.05) is 26.3 Å². The largest absolute Gasteiger partial charge is 0.457 e. The Kier molecular flexibility index (Phi) is 5.00. The third kappa shape index (κ3) is 3.64. The molecule has 108 valence electrons. The summed E-state index contributed by atoms with van der Waals surface area (Å²) in [6, 6.07) is 14.0. The highest BCUT2D eigenvalue weighted by atomic mass is 16.5. The van der Waals surface area contributed by atoms with Crippen molar-refractivity contribution < 1.29 is 4.74 Å². The molecule has 0 N–H and O–H groups in total. The van der Waals surface area contributed by atoms with E-state index in [1.807, 2.05) is 25.1 Å². The maximum absolute atomic E-state index is 8.90. The number of hydrogen-bond donors (Lipinski definition) is 0. The minimum atomic E-state index is 0.660. The molecule has 0 radical (unpaired) electrons. The SMILES string of the molecule is CCCc1ccc(Oc2ccc(C#N)cc2C)cc1CC. The van der Waals surface area contributed by atoms with E-state index in [-0.39, 0.29) is 0 Å². The summed E-state index contributed by atoms with van der Waals surface area (Å²) in [5.74, 6) is 1.67. The van der Waals surface area contributed by atoms with Crippen LogP contribution in [0.3, 0.4) is 0 Å². The molecule has 2 rings (SSSR count). The van der Waals surface area contributed by atoms with Crippen LogP contribution in [-0.4, -0.2) is 0 Å². The van der Waals surface area contributed by atoms with E-state index < -0.39 is 0 Å². The number of nitrogens with zero attached hydrogens (tertiary/aromatic N) is 1. The zero-order valence-electron chi connectivity index (χ0n) is 12.9. The Morgan fingerprint density at radius 2 is 1.86 bits per heavy atom. The molecule has 0 saturated carbocycles. The number of benzene rings is 2. The monoisotopic (exact) mass is 279 g/mol. The van der Waals surface area contributed by atoms with E-state index in [2.05, 4.69) is 32.0 Å². The van der Waals surface area contributed by atoms with Gasteiger partial charge in [-0.15, -0.1) is 0 Å². The summed E-state index contributed by atoms with van der Waals surface area (Å²) in [4.78, 5) is 0. The van der Waals surface area contributed by atoms with Gasteiger partial charge in [0.2, 0.25) is 0 Å². The van der Waals surface area contributed by atoms with Gasteiger partial charge in [-0.05, 0) is 66.8 Å². The van der Waals surface area contributed by atoms with Crippen LogP contribution < -0.4 is 4.74 Å². The molecular formula is C19H21NO. The zero-order chi connectivity index (χ0) is 15.2. The van der Waals surface area contributed by atoms with Crippen LogP contribution in [0.25, 0.3) is 0 Å². The number of aryl methyl sites for hydroxylation is 3. The predicted molar refractivity (Wildman–Crippen MR) is 85.8 cm³/mol. The third-order valence-electron chi connectivity index (χ3n) is 3.61. The van der Waals surface area contributed by atoms with Crippen molar-refractivity contribution >= 4 is 0 Å². The molecule has 0 bridgehead atoms. The Labute approximate surface area is 127 Å². The van der Waals surface area contributed by atoms with Crippen molar-refractivity contribution in [2.45, 2.75) is 40.0 Å². The van der Waals surface area contributed by atoms with Crippen LogP contribution in [0.1, 0.15) is 42.5 Å². The summed E-state index contributed by atoms with van der Waals surface area (Å²) in [6.45, 7) is 6.33. The molecule has 0 spiro atoms. The Morgan fingerprint density at radius 1 is 1.05 bits per heavy atom. The van der Waals surface area contributed by atoms with Gasteiger partial charge in [-0.3, -0.25) is 0 Å². The molecule has 2 aromatic rings. The lowest BCUT2D eigenvalue weighted by Crippen LogP contribution is -1.95. The average molecular weight is 279 g/mol. The lowest BCUT2D eigenvalue weighted by molar-refractivity contribution is 0.478. The van der Waals surface area contributed by atoms with Crippen LogP contribution in [0.4, 0.5) is 0 Å². The first-order valence-electron chi connectivity index (χ1n) is 7.48. The van der Waals surface area contributed by atoms with E-state index in [4.69, 9.17) is 10.00 Å². The second-order valence-corrected chi connectivity index (χ2v) is 5.23. The van der Waals surface area contributed by atoms with E-state index in [0.29, 0.717) is 5.56 Å². The molecule has 0 aliphatic heterocycles. The number of hydrogen-bond acceptors (Lipinski definition) is 2. The Balaban J connectivity index is 2.26. The fourth-order valence-electron chi connectivity index (χ4n) is 2.47. The van der Waals surface area contributed by atoms with Crippen LogP contribution in [-0.2, 0) is 12.8 Å². The summed E-state index contributed by atoms with van der Waals surface area (Å²) >= 11 is 0. The quantitative estimate of drug-likeness (QED) is 0.756. The molecule has 0 fully saturated rings. The first-order valence-corrected chi connectivity index (χ1v) is 7.48. The first kappa shape index (κ1) is 15.1. The molecule has 0 saturated heterocycles. The van der Waals surface area contributed by atoms with Crippen molar-refractivity contribution in [3.05, 3.63) is 58.7 Å². The molecule has 21 heavy (non-hydrogen) atoms. The van der Waals surface area contributed by atoms with Gasteiger partial charge in [0.15, 0.2) is 0 Å². The summed E-state index contributed by atoms with van der Waals surface area (Å²) in [5, 5.41) is 8.90. The van der Waals surface area contributed by atoms with Gasteiger partial charge in [0.25, 0.3) is 0 Å². The fraction of sp³-hybridized carbons (Fsp3) is 0.316. The second-order valence-electron chi connectivity index (χ2n) is 5.23. The van der Waals surface area contributed by atoms with E-state index in [1.165, 1.54) is 11.1 Å². The van der Waals surface area contributed by atoms with Crippen LogP contribution in [0, 0.1) is 18.3 Å². The zero-order valence-corrected chi connectivity index (χ0v) is 12.9. The van der Waals surface area contributed by atoms with E-state index in [9.17, 15) is 0 Å². The summed E-state index contributed by atoms with van der Waals surface area (Å²) in [6.07, 6.45) is 3.28. The molecule has 0 aromatic heterocycles. The van der Waals surface area contributed by atoms with Crippen LogP contribution in [0.15, 0.2) is 36.4 Å². The molecule has 0 amide bonds. The van der Waals surface area contributed by atoms with Crippen molar-refractivity contribution in [1.29, 1.82) is 5.26 Å². The maximum Gasteiger partial charge on any atom is 0.130 e. The van der Waals surface area contributed by atoms with Gasteiger partial charge >= 0.3 is 0 Å². The van der Waals surface area contributed by atoms with E-state index >= 15 is 0 Å². The van der Waals surface area contributed by atoms with E-state index in [1.54, 1.807) is 6.07 Å². The molecule has 0 heterocycles. The molecular weight excluding hydrogens is 258 g/mol. The van der Waals surface area contributed by atoms with Crippen molar-refractivity contribution in [2.75, 3.05) is 0 Å². The molecule has 0 atom stereocenters. The molecule has 2 aromatic carbocycles. The highest BCUT2D eigenvalue weighted by Crippen LogP contribution is 2.28. The van der Waals surface area contributed by atoms with Crippen LogP contribution >= 0.6 is 0 Å². The highest BCUT2D eigenvalue weighted by Gasteiger charge is 2.06. The number of nitriles is 1. The minimum Gasteiger partial charge on any atom is -0.457 e. The molecule has 2 nitrogen and oxygen atoms in total. The van der Waals surface area contributed by atoms with Gasteiger partial charge in [0.1, 0.15) is 11.5 Å². The number of rotatable bonds is 5. The Morgan fingerprint density at radius 3 is 2.48 bits per heavy atom. The van der Waals surface area contributed by atoms with Crippen molar-refractivity contribution in [3.63, 3.8) is 0 Å². The van der Waals surface area contributed by atoms with E-state index in [0.717, 1.165) is 36.3 Å². The van der Waals surface area contributed by atoms with Crippen molar-refractivity contribution in [1.82, 2.24) is 0 Å². The smallest absolute Gasteiger partial charge is 0.130 e. The Bertz CT molecular complexity index is 668. The predicted octanol–water partition coefficient (Wildman–Crippen LogP) is 5.17. The summed E-state index contributed by atoms with van der Waals surface area (Å²) < 4.78 is 5.97. The molecule has 0 aliphatic carbocycles. The van der Waals surface area contributed by atoms with Gasteiger partial charge in [-0.25, -0.2) is 0 Å². The number of ether oxygens (including phenoxy) is 1. The normalized spacial score (nSPS) is 10.2. The fourth-order valence-corrected chi connectivity index (χ4v) is 2.47. The van der Waals surface area contributed by atoms with Gasteiger partial charge in [0, 0.05) is 0 Å². The van der Waals surface area contributed by atoms with Gasteiger partial charge in [0.05, 0.1) is 11.6 Å². The van der Waals surface area contributed by atoms with Gasteiger partial charge in [-0.2, -0.15) is 5.26 Å². The molecule has 0 aliphatic rings. The third-order valence-corrected chi connectivity index (χ3v) is 3.61. The van der Waals surface area contributed by atoms with Crippen molar-refractivity contribution in [3.8, 4) is 17.6 Å². The lowest BCUT2D eigenvalue weighted by Gasteiger charge is -2.12. The van der Waals surface area contributed by atoms with Crippen LogP contribution in [0.5, 0.6) is 11.5 Å². The minimum absolute atomic E-state index is 0.660. The standard InChI is InChI=1S/C19H21NO/c1-4-6-17-8-9-18(12-16(17)5-2)21-19-10-7-15(13-20)11-14(19)3/h7-12H,4-6H2,1-3H3. The second kappa shape index (κ2) is 6.95. The van der Waals surface area contributed by atoms with Crippen LogP contribution in [0.2, 0.25) is 0 Å².